The molecule has 20 heavy (non-hydrogen) atoms. The lowest BCUT2D eigenvalue weighted by atomic mass is 10.0. The Kier molecular flexibility index (Phi) is 5.75. The van der Waals surface area contributed by atoms with Gasteiger partial charge in [0.2, 0.25) is 0 Å². The molecule has 0 aliphatic carbocycles. The number of nitrogens with zero attached hydrogens (tertiary/aromatic N) is 1. The quantitative estimate of drug-likeness (QED) is 0.532. The predicted octanol–water partition coefficient (Wildman–Crippen LogP) is -0.283. The predicted molar refractivity (Wildman–Crippen MR) is 68.2 cm³/mol. The molecule has 0 aromatic rings. The maximum atomic E-state index is 12.0. The Morgan fingerprint density at radius 3 is 2.50 bits per heavy atom. The highest BCUT2D eigenvalue weighted by atomic mass is 16.4. The van der Waals surface area contributed by atoms with Crippen molar-refractivity contribution < 1.29 is 29.7 Å². The summed E-state index contributed by atoms with van der Waals surface area (Å²) in [5, 5.41) is 29.1. The number of hydrogen-bond acceptors (Lipinski definition) is 4. The zero-order valence-electron chi connectivity index (χ0n) is 11.3. The normalized spacial score (nSPS) is 23.4. The van der Waals surface area contributed by atoms with Gasteiger partial charge in [-0.2, -0.15) is 0 Å². The van der Waals surface area contributed by atoms with Gasteiger partial charge in [0, 0.05) is 13.0 Å². The second kappa shape index (κ2) is 7.09. The Hall–Kier alpha value is -1.83. The van der Waals surface area contributed by atoms with Gasteiger partial charge in [-0.25, -0.2) is 9.59 Å². The summed E-state index contributed by atoms with van der Waals surface area (Å²) in [4.78, 5) is 34.9. The second-order valence-electron chi connectivity index (χ2n) is 4.98. The summed E-state index contributed by atoms with van der Waals surface area (Å²) in [6.07, 6.45) is 0.228. The molecular formula is C12H20N2O6. The van der Waals surface area contributed by atoms with Crippen LogP contribution in [0.15, 0.2) is 0 Å². The second-order valence-corrected chi connectivity index (χ2v) is 4.98. The van der Waals surface area contributed by atoms with E-state index in [-0.39, 0.29) is 31.4 Å². The topological polar surface area (TPSA) is 127 Å². The van der Waals surface area contributed by atoms with Gasteiger partial charge in [-0.05, 0) is 18.8 Å². The molecule has 3 atom stereocenters. The van der Waals surface area contributed by atoms with E-state index in [2.05, 4.69) is 5.32 Å². The molecule has 2 amide bonds. The van der Waals surface area contributed by atoms with Gasteiger partial charge in [-0.1, -0.05) is 6.92 Å². The first-order valence-corrected chi connectivity index (χ1v) is 6.49. The zero-order chi connectivity index (χ0) is 15.3. The molecule has 0 bridgehead atoms. The number of aliphatic carboxylic acids is 2. The first-order chi connectivity index (χ1) is 9.36. The molecule has 1 saturated heterocycles. The Bertz CT molecular complexity index is 386. The van der Waals surface area contributed by atoms with E-state index in [4.69, 9.17) is 10.2 Å². The van der Waals surface area contributed by atoms with Gasteiger partial charge < -0.3 is 25.5 Å². The largest absolute Gasteiger partial charge is 0.481 e. The third kappa shape index (κ3) is 4.09. The highest BCUT2D eigenvalue weighted by Gasteiger charge is 2.35. The van der Waals surface area contributed by atoms with E-state index in [9.17, 15) is 19.5 Å². The van der Waals surface area contributed by atoms with Crippen LogP contribution < -0.4 is 5.32 Å². The summed E-state index contributed by atoms with van der Waals surface area (Å²) >= 11 is 0. The van der Waals surface area contributed by atoms with Crippen molar-refractivity contribution in [1.82, 2.24) is 10.2 Å². The molecule has 1 aliphatic rings. The number of urea groups is 1. The summed E-state index contributed by atoms with van der Waals surface area (Å²) in [5.41, 5.74) is 0. The first kappa shape index (κ1) is 16.2. The van der Waals surface area contributed by atoms with Crippen molar-refractivity contribution in [3.05, 3.63) is 0 Å². The number of aliphatic hydroxyl groups excluding tert-OH is 1. The van der Waals surface area contributed by atoms with Crippen molar-refractivity contribution >= 4 is 18.0 Å². The minimum atomic E-state index is -1.27. The summed E-state index contributed by atoms with van der Waals surface area (Å²) in [6, 6.07) is -2.15. The molecule has 0 aromatic carbocycles. The van der Waals surface area contributed by atoms with Crippen LogP contribution in [0.2, 0.25) is 0 Å². The number of carbonyl (C=O) groups is 3. The van der Waals surface area contributed by atoms with E-state index < -0.39 is 24.0 Å². The van der Waals surface area contributed by atoms with Gasteiger partial charge in [-0.3, -0.25) is 4.79 Å². The molecule has 0 aromatic heterocycles. The zero-order valence-corrected chi connectivity index (χ0v) is 11.3. The molecule has 114 valence electrons. The van der Waals surface area contributed by atoms with Crippen LogP contribution in [-0.2, 0) is 9.59 Å². The van der Waals surface area contributed by atoms with Crippen molar-refractivity contribution in [2.24, 2.45) is 5.92 Å². The Morgan fingerprint density at radius 2 is 2.00 bits per heavy atom. The maximum Gasteiger partial charge on any atom is 0.326 e. The Balaban J connectivity index is 2.61. The number of rotatable bonds is 6. The van der Waals surface area contributed by atoms with Crippen LogP contribution >= 0.6 is 0 Å². The minimum absolute atomic E-state index is 0.146. The van der Waals surface area contributed by atoms with Crippen LogP contribution in [0.25, 0.3) is 0 Å². The van der Waals surface area contributed by atoms with Crippen LogP contribution in [0.1, 0.15) is 26.2 Å². The molecule has 8 nitrogen and oxygen atoms in total. The molecular weight excluding hydrogens is 268 g/mol. The number of aliphatic hydroxyl groups is 1. The first-order valence-electron chi connectivity index (χ1n) is 6.49. The van der Waals surface area contributed by atoms with Gasteiger partial charge in [0.1, 0.15) is 6.04 Å². The van der Waals surface area contributed by atoms with Gasteiger partial charge in [0.05, 0.1) is 12.6 Å². The minimum Gasteiger partial charge on any atom is -0.481 e. The molecule has 0 radical (unpaired) electrons. The smallest absolute Gasteiger partial charge is 0.326 e. The van der Waals surface area contributed by atoms with Crippen molar-refractivity contribution in [2.45, 2.75) is 38.3 Å². The van der Waals surface area contributed by atoms with Gasteiger partial charge >= 0.3 is 18.0 Å². The highest BCUT2D eigenvalue weighted by Crippen LogP contribution is 2.23. The summed E-state index contributed by atoms with van der Waals surface area (Å²) < 4.78 is 0. The summed E-state index contributed by atoms with van der Waals surface area (Å²) in [7, 11) is 0. The average Bonchev–Trinajstić information content (AvgIpc) is 2.74. The summed E-state index contributed by atoms with van der Waals surface area (Å²) in [5.74, 6) is -2.24. The number of nitrogens with one attached hydrogen (secondary N) is 1. The number of amides is 2. The van der Waals surface area contributed by atoms with Crippen LogP contribution in [0.4, 0.5) is 4.79 Å². The summed E-state index contributed by atoms with van der Waals surface area (Å²) in [6.45, 7) is 2.18. The van der Waals surface area contributed by atoms with E-state index in [0.717, 1.165) is 6.42 Å². The molecule has 0 spiro atoms. The van der Waals surface area contributed by atoms with Gasteiger partial charge in [0.25, 0.3) is 0 Å². The number of hydrogen-bond donors (Lipinski definition) is 4. The monoisotopic (exact) mass is 288 g/mol. The Labute approximate surface area is 116 Å². The van der Waals surface area contributed by atoms with Crippen molar-refractivity contribution in [3.63, 3.8) is 0 Å². The lowest BCUT2D eigenvalue weighted by molar-refractivity contribution is -0.140. The van der Waals surface area contributed by atoms with Crippen molar-refractivity contribution in [2.75, 3.05) is 13.2 Å². The molecule has 8 heteroatoms. The standard InChI is InChI=1S/C12H20N2O6/c1-7-4-5-14(9(7)6-15)12(20)13-8(11(18)19)2-3-10(16)17/h7-9,15H,2-6H2,1H3,(H,13,20)(H,16,17)(H,18,19)/t7?,8-,9?/m0/s1. The van der Waals surface area contributed by atoms with E-state index in [1.165, 1.54) is 4.90 Å². The van der Waals surface area contributed by atoms with Crippen LogP contribution in [0.3, 0.4) is 0 Å². The number of likely N-dealkylation sites (tertiary alicyclic amines) is 1. The van der Waals surface area contributed by atoms with Crippen LogP contribution in [-0.4, -0.2) is 63.4 Å². The number of carboxylic acids is 2. The van der Waals surface area contributed by atoms with Crippen molar-refractivity contribution in [1.29, 1.82) is 0 Å². The van der Waals surface area contributed by atoms with Gasteiger partial charge in [-0.15, -0.1) is 0 Å². The van der Waals surface area contributed by atoms with Gasteiger partial charge in [0.15, 0.2) is 0 Å². The molecule has 0 saturated carbocycles. The fraction of sp³-hybridized carbons (Fsp3) is 0.750. The Morgan fingerprint density at radius 1 is 1.35 bits per heavy atom. The third-order valence-electron chi connectivity index (χ3n) is 3.57. The third-order valence-corrected chi connectivity index (χ3v) is 3.57. The molecule has 4 N–H and O–H groups in total. The molecule has 1 fully saturated rings. The van der Waals surface area contributed by atoms with E-state index >= 15 is 0 Å². The fourth-order valence-electron chi connectivity index (χ4n) is 2.30. The molecule has 2 unspecified atom stereocenters. The average molecular weight is 288 g/mol. The number of carboxylic acid groups (broad SMARTS) is 2. The highest BCUT2D eigenvalue weighted by molar-refractivity contribution is 5.83. The maximum absolute atomic E-state index is 12.0. The lowest BCUT2D eigenvalue weighted by Gasteiger charge is -2.27. The van der Waals surface area contributed by atoms with Crippen molar-refractivity contribution in [3.8, 4) is 0 Å². The van der Waals surface area contributed by atoms with E-state index in [1.807, 2.05) is 6.92 Å². The van der Waals surface area contributed by atoms with Crippen LogP contribution in [0.5, 0.6) is 0 Å². The SMILES string of the molecule is CC1CCN(C(=O)N[C@@H](CCC(=O)O)C(=O)O)C1CO. The lowest BCUT2D eigenvalue weighted by Crippen LogP contribution is -2.51. The van der Waals surface area contributed by atoms with Crippen LogP contribution in [0, 0.1) is 5.92 Å². The van der Waals surface area contributed by atoms with E-state index in [1.54, 1.807) is 0 Å². The molecule has 1 rings (SSSR count). The fourth-order valence-corrected chi connectivity index (χ4v) is 2.30. The molecule has 1 heterocycles. The van der Waals surface area contributed by atoms with E-state index in [0.29, 0.717) is 6.54 Å². The molecule has 1 aliphatic heterocycles. The number of carbonyl (C=O) groups excluding carboxylic acids is 1.